The fourth-order valence-electron chi connectivity index (χ4n) is 2.58. The first-order valence-corrected chi connectivity index (χ1v) is 8.56. The average Bonchev–Trinajstić information content (AvgIpc) is 3.06. The molecular formula is C12H15N5O7S. The lowest BCUT2D eigenvalue weighted by molar-refractivity contribution is -0.116. The number of urea groups is 1. The minimum absolute atomic E-state index is 0.0537. The van der Waals surface area contributed by atoms with Crippen LogP contribution in [0.5, 0.6) is 0 Å². The van der Waals surface area contributed by atoms with Crippen molar-refractivity contribution in [1.29, 1.82) is 0 Å². The van der Waals surface area contributed by atoms with E-state index in [-0.39, 0.29) is 31.9 Å². The van der Waals surface area contributed by atoms with Gasteiger partial charge in [0.1, 0.15) is 6.04 Å². The molecule has 0 radical (unpaired) electrons. The minimum atomic E-state index is -4.82. The molecule has 2 bridgehead atoms. The molecule has 12 nitrogen and oxygen atoms in total. The highest BCUT2D eigenvalue weighted by Gasteiger charge is 2.43. The van der Waals surface area contributed by atoms with Gasteiger partial charge in [0.05, 0.1) is 25.3 Å². The van der Waals surface area contributed by atoms with Crippen molar-refractivity contribution in [2.24, 2.45) is 0 Å². The van der Waals surface area contributed by atoms with Crippen LogP contribution in [-0.4, -0.2) is 75.5 Å². The summed E-state index contributed by atoms with van der Waals surface area (Å²) in [5.41, 5.74) is 0.564. The molecular weight excluding hydrogens is 358 g/mol. The normalized spacial score (nSPS) is 20.0. The quantitative estimate of drug-likeness (QED) is 0.531. The van der Waals surface area contributed by atoms with Crippen LogP contribution in [0.1, 0.15) is 6.42 Å². The number of aliphatic hydroxyl groups excluding tert-OH is 1. The van der Waals surface area contributed by atoms with E-state index in [1.807, 2.05) is 0 Å². The predicted molar refractivity (Wildman–Crippen MR) is 82.1 cm³/mol. The molecule has 2 aliphatic rings. The average molecular weight is 373 g/mol. The van der Waals surface area contributed by atoms with Crippen LogP contribution in [0.2, 0.25) is 0 Å². The third-order valence-electron chi connectivity index (χ3n) is 3.57. The lowest BCUT2D eigenvalue weighted by Gasteiger charge is -2.20. The lowest BCUT2D eigenvalue weighted by atomic mass is 10.2. The molecule has 3 heterocycles. The Kier molecular flexibility index (Phi) is 4.47. The van der Waals surface area contributed by atoms with Gasteiger partial charge in [0, 0.05) is 18.8 Å². The maximum absolute atomic E-state index is 12.1. The van der Waals surface area contributed by atoms with E-state index >= 15 is 0 Å². The summed E-state index contributed by atoms with van der Waals surface area (Å²) < 4.78 is 36.2. The molecule has 1 aromatic rings. The molecule has 1 saturated heterocycles. The van der Waals surface area contributed by atoms with Crippen molar-refractivity contribution in [3.8, 4) is 0 Å². The molecule has 3 N–H and O–H groups in total. The van der Waals surface area contributed by atoms with Crippen LogP contribution < -0.4 is 5.32 Å². The topological polar surface area (TPSA) is 154 Å². The second kappa shape index (κ2) is 6.44. The van der Waals surface area contributed by atoms with E-state index in [2.05, 4.69) is 14.7 Å². The highest BCUT2D eigenvalue weighted by molar-refractivity contribution is 7.80. The number of fused-ring (bicyclic) bond motifs is 2. The van der Waals surface area contributed by atoms with Crippen molar-refractivity contribution in [3.63, 3.8) is 0 Å². The Hall–Kier alpha value is -2.48. The molecule has 0 aromatic carbocycles. The van der Waals surface area contributed by atoms with Gasteiger partial charge < -0.3 is 15.3 Å². The number of hydrogen-bond acceptors (Lipinski definition) is 7. The van der Waals surface area contributed by atoms with Gasteiger partial charge >= 0.3 is 16.4 Å². The van der Waals surface area contributed by atoms with Gasteiger partial charge in [0.2, 0.25) is 5.91 Å². The smallest absolute Gasteiger partial charge is 0.396 e. The monoisotopic (exact) mass is 373 g/mol. The van der Waals surface area contributed by atoms with Crippen molar-refractivity contribution >= 4 is 33.9 Å². The van der Waals surface area contributed by atoms with E-state index in [4.69, 9.17) is 9.66 Å². The molecule has 1 fully saturated rings. The van der Waals surface area contributed by atoms with Gasteiger partial charge in [-0.3, -0.25) is 9.35 Å². The number of amides is 3. The van der Waals surface area contributed by atoms with Crippen LogP contribution in [0, 0.1) is 0 Å². The first-order chi connectivity index (χ1) is 11.8. The van der Waals surface area contributed by atoms with Crippen LogP contribution in [0.15, 0.2) is 18.3 Å². The molecule has 0 aliphatic carbocycles. The third-order valence-corrected chi connectivity index (χ3v) is 3.92. The van der Waals surface area contributed by atoms with Crippen LogP contribution in [0.4, 0.5) is 10.6 Å². The van der Waals surface area contributed by atoms with Crippen molar-refractivity contribution in [3.05, 3.63) is 18.3 Å². The summed E-state index contributed by atoms with van der Waals surface area (Å²) in [4.78, 5) is 24.8. The van der Waals surface area contributed by atoms with Crippen molar-refractivity contribution in [2.45, 2.75) is 12.5 Å². The zero-order valence-corrected chi connectivity index (χ0v) is 13.6. The Morgan fingerprint density at radius 1 is 1.48 bits per heavy atom. The summed E-state index contributed by atoms with van der Waals surface area (Å²) in [6.07, 6.45) is 3.09. The minimum Gasteiger partial charge on any atom is -0.396 e. The van der Waals surface area contributed by atoms with Crippen LogP contribution in [0.25, 0.3) is 5.70 Å². The molecule has 3 amide bonds. The van der Waals surface area contributed by atoms with Gasteiger partial charge in [-0.05, 0) is 6.08 Å². The van der Waals surface area contributed by atoms with E-state index in [9.17, 15) is 18.0 Å². The first-order valence-electron chi connectivity index (χ1n) is 7.19. The SMILES string of the molecule is O=C(CCO)Nc1ccn(C2=CC3CN(C2)C(=O)N3OS(=O)(=O)O)n1. The summed E-state index contributed by atoms with van der Waals surface area (Å²) in [5.74, 6) is -0.123. The largest absolute Gasteiger partial charge is 0.418 e. The van der Waals surface area contributed by atoms with Gasteiger partial charge in [-0.2, -0.15) is 18.6 Å². The Bertz CT molecular complexity index is 833. The summed E-state index contributed by atoms with van der Waals surface area (Å²) >= 11 is 0. The molecule has 2 aliphatic heterocycles. The Labute approximate surface area is 142 Å². The molecule has 1 atom stereocenters. The molecule has 1 aromatic heterocycles. The number of carbonyl (C=O) groups is 2. The van der Waals surface area contributed by atoms with E-state index in [0.29, 0.717) is 10.8 Å². The fourth-order valence-corrected chi connectivity index (χ4v) is 2.95. The van der Waals surface area contributed by atoms with Gasteiger partial charge in [0.15, 0.2) is 5.82 Å². The first kappa shape index (κ1) is 17.3. The molecule has 0 spiro atoms. The summed E-state index contributed by atoms with van der Waals surface area (Å²) in [5, 5.41) is 15.9. The number of nitrogens with zero attached hydrogens (tertiary/aromatic N) is 4. The van der Waals surface area contributed by atoms with Crippen molar-refractivity contribution < 1.29 is 31.9 Å². The highest BCUT2D eigenvalue weighted by Crippen LogP contribution is 2.27. The fraction of sp³-hybridized carbons (Fsp3) is 0.417. The second-order valence-corrected chi connectivity index (χ2v) is 6.39. The molecule has 3 rings (SSSR count). The standard InChI is InChI=1S/C12H15N5O7S/c18-4-2-11(19)13-10-1-3-16(14-10)8-5-9-7-15(6-8)12(20)17(9)24-25(21,22)23/h1,3,5,9,18H,2,4,6-7H2,(H,13,14,19)(H,21,22,23). The molecule has 1 unspecified atom stereocenters. The van der Waals surface area contributed by atoms with E-state index in [0.717, 1.165) is 0 Å². The third kappa shape index (κ3) is 3.79. The summed E-state index contributed by atoms with van der Waals surface area (Å²) in [6, 6.07) is 0.128. The highest BCUT2D eigenvalue weighted by atomic mass is 32.3. The number of rotatable bonds is 6. The number of anilines is 1. The van der Waals surface area contributed by atoms with Crippen LogP contribution >= 0.6 is 0 Å². The zero-order valence-electron chi connectivity index (χ0n) is 12.8. The number of carbonyl (C=O) groups excluding carboxylic acids is 2. The number of aliphatic hydroxyl groups is 1. The van der Waals surface area contributed by atoms with Crippen LogP contribution in [0.3, 0.4) is 0 Å². The van der Waals surface area contributed by atoms with Gasteiger partial charge in [-0.15, -0.1) is 4.28 Å². The van der Waals surface area contributed by atoms with E-state index in [1.54, 1.807) is 12.3 Å². The van der Waals surface area contributed by atoms with E-state index in [1.165, 1.54) is 15.6 Å². The maximum Gasteiger partial charge on any atom is 0.418 e. The zero-order chi connectivity index (χ0) is 18.2. The molecule has 136 valence electrons. The predicted octanol–water partition coefficient (Wildman–Crippen LogP) is -1.10. The number of nitrogens with one attached hydrogen (secondary N) is 1. The Morgan fingerprint density at radius 2 is 2.24 bits per heavy atom. The van der Waals surface area contributed by atoms with Gasteiger partial charge in [-0.25, -0.2) is 9.48 Å². The van der Waals surface area contributed by atoms with Crippen molar-refractivity contribution in [2.75, 3.05) is 25.0 Å². The number of aromatic nitrogens is 2. The van der Waals surface area contributed by atoms with Gasteiger partial charge in [0.25, 0.3) is 0 Å². The number of hydroxylamine groups is 2. The lowest BCUT2D eigenvalue weighted by Crippen LogP contribution is -2.35. The molecule has 0 saturated carbocycles. The summed E-state index contributed by atoms with van der Waals surface area (Å²) in [7, 11) is -4.82. The summed E-state index contributed by atoms with van der Waals surface area (Å²) in [6.45, 7) is 0.0750. The second-order valence-electron chi connectivity index (χ2n) is 5.38. The van der Waals surface area contributed by atoms with Gasteiger partial charge in [-0.1, -0.05) is 0 Å². The van der Waals surface area contributed by atoms with Crippen LogP contribution in [-0.2, 0) is 19.5 Å². The molecule has 25 heavy (non-hydrogen) atoms. The Morgan fingerprint density at radius 3 is 2.92 bits per heavy atom. The number of hydrogen-bond donors (Lipinski definition) is 3. The maximum atomic E-state index is 12.1. The Balaban J connectivity index is 1.76. The van der Waals surface area contributed by atoms with E-state index < -0.39 is 28.4 Å². The molecule has 13 heteroatoms. The van der Waals surface area contributed by atoms with Crippen molar-refractivity contribution in [1.82, 2.24) is 19.7 Å².